The first kappa shape index (κ1) is 68.4. The lowest BCUT2D eigenvalue weighted by Crippen LogP contribution is -2.60. The lowest BCUT2D eigenvalue weighted by molar-refractivity contribution is -0.302. The number of hydrogen-bond donors (Lipinski definition) is 6. The van der Waals surface area contributed by atoms with E-state index in [0.717, 1.165) is 44.9 Å². The van der Waals surface area contributed by atoms with Crippen molar-refractivity contribution >= 4 is 5.91 Å². The monoisotopic (exact) mass is 1020 g/mol. The molecule has 0 saturated carbocycles. The molecule has 7 atom stereocenters. The highest BCUT2D eigenvalue weighted by Crippen LogP contribution is 2.23. The third-order valence-electron chi connectivity index (χ3n) is 15.0. The zero-order valence-corrected chi connectivity index (χ0v) is 47.2. The van der Waals surface area contributed by atoms with Gasteiger partial charge in [0.25, 0.3) is 0 Å². The van der Waals surface area contributed by atoms with Gasteiger partial charge >= 0.3 is 0 Å². The average molecular weight is 1020 g/mol. The van der Waals surface area contributed by atoms with E-state index in [-0.39, 0.29) is 12.5 Å². The van der Waals surface area contributed by atoms with Gasteiger partial charge in [0, 0.05) is 6.42 Å². The lowest BCUT2D eigenvalue weighted by atomic mass is 9.99. The maximum Gasteiger partial charge on any atom is 0.220 e. The normalized spacial score (nSPS) is 19.3. The van der Waals surface area contributed by atoms with Crippen molar-refractivity contribution in [1.29, 1.82) is 0 Å². The van der Waals surface area contributed by atoms with Crippen LogP contribution in [0.2, 0.25) is 0 Å². The van der Waals surface area contributed by atoms with Crippen molar-refractivity contribution in [3.05, 3.63) is 36.5 Å². The molecule has 9 heteroatoms. The second-order valence-electron chi connectivity index (χ2n) is 21.9. The van der Waals surface area contributed by atoms with Gasteiger partial charge in [0.05, 0.1) is 25.4 Å². The summed E-state index contributed by atoms with van der Waals surface area (Å²) in [4.78, 5) is 13.1. The van der Waals surface area contributed by atoms with E-state index in [1.165, 1.54) is 238 Å². The van der Waals surface area contributed by atoms with E-state index in [2.05, 4.69) is 43.5 Å². The van der Waals surface area contributed by atoms with Gasteiger partial charge in [0.1, 0.15) is 24.4 Å². The van der Waals surface area contributed by atoms with Crippen LogP contribution in [0, 0.1) is 0 Å². The van der Waals surface area contributed by atoms with Crippen molar-refractivity contribution < 1.29 is 39.8 Å². The Labute approximate surface area is 444 Å². The summed E-state index contributed by atoms with van der Waals surface area (Å²) in [5, 5.41) is 54.5. The Balaban J connectivity index is 2.11. The van der Waals surface area contributed by atoms with Crippen LogP contribution in [-0.4, -0.2) is 87.5 Å². The molecule has 0 aliphatic carbocycles. The summed E-state index contributed by atoms with van der Waals surface area (Å²) in [6.07, 6.45) is 62.3. The summed E-state index contributed by atoms with van der Waals surface area (Å²) < 4.78 is 11.3. The van der Waals surface area contributed by atoms with Crippen LogP contribution in [0.25, 0.3) is 0 Å². The van der Waals surface area contributed by atoms with Crippen molar-refractivity contribution in [3.63, 3.8) is 0 Å². The number of amides is 1. The van der Waals surface area contributed by atoms with Crippen LogP contribution in [0.3, 0.4) is 0 Å². The number of aliphatic hydroxyl groups excluding tert-OH is 5. The first-order valence-corrected chi connectivity index (χ1v) is 31.2. The SMILES string of the molecule is CCCCCCC/C=C\C/C=C\CCCCCCCCCCCCCCCCCCCCCCCC(=O)NC(COC1OC(CO)C(O)C(O)C1O)C(O)/C=C/CCCCCCCCCCCCCCCC. The zero-order chi connectivity index (χ0) is 52.2. The molecule has 0 aromatic carbocycles. The van der Waals surface area contributed by atoms with Gasteiger partial charge in [-0.15, -0.1) is 0 Å². The van der Waals surface area contributed by atoms with Crippen LogP contribution >= 0.6 is 0 Å². The highest BCUT2D eigenvalue weighted by Gasteiger charge is 2.44. The molecule has 72 heavy (non-hydrogen) atoms. The number of allylic oxidation sites excluding steroid dienone is 5. The third-order valence-corrected chi connectivity index (χ3v) is 15.0. The van der Waals surface area contributed by atoms with Crippen molar-refractivity contribution in [3.8, 4) is 0 Å². The molecule has 0 bridgehead atoms. The molecule has 0 spiro atoms. The third kappa shape index (κ3) is 41.6. The number of ether oxygens (including phenoxy) is 2. The molecule has 0 aromatic heterocycles. The maximum atomic E-state index is 13.1. The van der Waals surface area contributed by atoms with Gasteiger partial charge in [-0.1, -0.05) is 281 Å². The fourth-order valence-electron chi connectivity index (χ4n) is 10.0. The summed E-state index contributed by atoms with van der Waals surface area (Å²) in [7, 11) is 0. The summed E-state index contributed by atoms with van der Waals surface area (Å²) in [6.45, 7) is 3.80. The quantitative estimate of drug-likeness (QED) is 0.0261. The van der Waals surface area contributed by atoms with Crippen molar-refractivity contribution in [2.45, 2.75) is 346 Å². The maximum absolute atomic E-state index is 13.1. The fraction of sp³-hybridized carbons (Fsp3) is 0.889. The minimum atomic E-state index is -1.57. The Bertz CT molecular complexity index is 1230. The van der Waals surface area contributed by atoms with E-state index in [0.29, 0.717) is 6.42 Å². The minimum Gasteiger partial charge on any atom is -0.394 e. The molecule has 6 N–H and O–H groups in total. The molecule has 424 valence electrons. The van der Waals surface area contributed by atoms with Crippen LogP contribution in [0.5, 0.6) is 0 Å². The first-order valence-electron chi connectivity index (χ1n) is 31.2. The number of nitrogens with one attached hydrogen (secondary N) is 1. The van der Waals surface area contributed by atoms with Gasteiger partial charge in [-0.25, -0.2) is 0 Å². The Morgan fingerprint density at radius 3 is 1.19 bits per heavy atom. The van der Waals surface area contributed by atoms with Crippen molar-refractivity contribution in [2.75, 3.05) is 13.2 Å². The van der Waals surface area contributed by atoms with E-state index in [1.54, 1.807) is 6.08 Å². The zero-order valence-electron chi connectivity index (χ0n) is 47.2. The molecular weight excluding hydrogens is 899 g/mol. The molecule has 9 nitrogen and oxygen atoms in total. The van der Waals surface area contributed by atoms with Gasteiger partial charge in [-0.05, 0) is 51.4 Å². The fourth-order valence-corrected chi connectivity index (χ4v) is 10.0. The molecular formula is C63H119NO8. The number of hydrogen-bond acceptors (Lipinski definition) is 8. The first-order chi connectivity index (χ1) is 35.3. The van der Waals surface area contributed by atoms with Crippen LogP contribution < -0.4 is 5.32 Å². The van der Waals surface area contributed by atoms with E-state index >= 15 is 0 Å². The second-order valence-corrected chi connectivity index (χ2v) is 21.9. The molecule has 7 unspecified atom stereocenters. The standard InChI is InChI=1S/C63H119NO8/c1-3-5-7-9-11-13-15-17-19-21-22-23-24-25-26-27-28-29-30-31-32-33-34-35-36-37-39-41-43-45-47-49-51-53-59(67)64-56(55-71-63-62(70)61(69)60(68)58(54-65)72-63)57(66)52-50-48-46-44-42-40-38-20-18-16-14-12-10-8-6-4-2/h15,17,21-22,50,52,56-58,60-63,65-66,68-70H,3-14,16,18-20,23-49,51,53-55H2,1-2H3,(H,64,67)/b17-15-,22-21-,52-50+. The number of carbonyl (C=O) groups excluding carboxylic acids is 1. The summed E-state index contributed by atoms with van der Waals surface area (Å²) in [5.74, 6) is -0.172. The molecule has 1 fully saturated rings. The Morgan fingerprint density at radius 2 is 0.819 bits per heavy atom. The van der Waals surface area contributed by atoms with Crippen LogP contribution in [0.1, 0.15) is 303 Å². The van der Waals surface area contributed by atoms with E-state index in [1.807, 2.05) is 6.08 Å². The number of carbonyl (C=O) groups is 1. The predicted molar refractivity (Wildman–Crippen MR) is 304 cm³/mol. The summed E-state index contributed by atoms with van der Waals surface area (Å²) in [5.41, 5.74) is 0. The molecule has 1 aliphatic heterocycles. The summed E-state index contributed by atoms with van der Waals surface area (Å²) in [6, 6.07) is -0.803. The Morgan fingerprint density at radius 1 is 0.472 bits per heavy atom. The molecule has 1 aliphatic rings. The minimum absolute atomic E-state index is 0.172. The topological polar surface area (TPSA) is 149 Å². The lowest BCUT2D eigenvalue weighted by Gasteiger charge is -2.40. The van der Waals surface area contributed by atoms with Crippen LogP contribution in [0.4, 0.5) is 0 Å². The van der Waals surface area contributed by atoms with Gasteiger partial charge in [0.15, 0.2) is 6.29 Å². The van der Waals surface area contributed by atoms with E-state index in [9.17, 15) is 30.3 Å². The molecule has 1 saturated heterocycles. The number of aliphatic hydroxyl groups is 5. The van der Waals surface area contributed by atoms with Gasteiger partial charge in [0.2, 0.25) is 5.91 Å². The van der Waals surface area contributed by atoms with E-state index in [4.69, 9.17) is 9.47 Å². The van der Waals surface area contributed by atoms with Crippen molar-refractivity contribution in [2.24, 2.45) is 0 Å². The molecule has 1 amide bonds. The van der Waals surface area contributed by atoms with Crippen LogP contribution in [0.15, 0.2) is 36.5 Å². The number of unbranched alkanes of at least 4 members (excludes halogenated alkanes) is 40. The smallest absolute Gasteiger partial charge is 0.220 e. The molecule has 1 rings (SSSR count). The van der Waals surface area contributed by atoms with Gasteiger partial charge in [-0.3, -0.25) is 4.79 Å². The highest BCUT2D eigenvalue weighted by molar-refractivity contribution is 5.76. The molecule has 0 aromatic rings. The highest BCUT2D eigenvalue weighted by atomic mass is 16.7. The van der Waals surface area contributed by atoms with E-state index < -0.39 is 49.5 Å². The summed E-state index contributed by atoms with van der Waals surface area (Å²) >= 11 is 0. The van der Waals surface area contributed by atoms with Gasteiger partial charge < -0.3 is 40.3 Å². The predicted octanol–water partition coefficient (Wildman–Crippen LogP) is 15.9. The largest absolute Gasteiger partial charge is 0.394 e. The Hall–Kier alpha value is -1.59. The van der Waals surface area contributed by atoms with Gasteiger partial charge in [-0.2, -0.15) is 0 Å². The molecule has 0 radical (unpaired) electrons. The van der Waals surface area contributed by atoms with Crippen LogP contribution in [-0.2, 0) is 14.3 Å². The average Bonchev–Trinajstić information content (AvgIpc) is 3.38. The van der Waals surface area contributed by atoms with Crippen molar-refractivity contribution in [1.82, 2.24) is 5.32 Å². The molecule has 1 heterocycles. The Kier molecular flexibility index (Phi) is 50.2. The number of rotatable bonds is 54. The second kappa shape index (κ2) is 52.8.